The molecule has 0 spiro atoms. The third-order valence-corrected chi connectivity index (χ3v) is 8.53. The van der Waals surface area contributed by atoms with Gasteiger partial charge in [0.1, 0.15) is 23.2 Å². The van der Waals surface area contributed by atoms with E-state index in [1.54, 1.807) is 39.6 Å². The number of carbonyl (C=O) groups excluding carboxylic acids is 1. The molecule has 11 heteroatoms. The Balaban J connectivity index is 1.48. The molecule has 0 saturated heterocycles. The van der Waals surface area contributed by atoms with Crippen molar-refractivity contribution >= 4 is 22.6 Å². The Morgan fingerprint density at radius 1 is 1.23 bits per heavy atom. The van der Waals surface area contributed by atoms with E-state index >= 15 is 0 Å². The summed E-state index contributed by atoms with van der Waals surface area (Å²) >= 11 is 0. The van der Waals surface area contributed by atoms with Crippen LogP contribution in [0.4, 0.5) is 19.0 Å². The molecule has 0 radical (unpaired) electrons. The van der Waals surface area contributed by atoms with Gasteiger partial charge in [0.25, 0.3) is 6.43 Å². The number of benzene rings is 2. The summed E-state index contributed by atoms with van der Waals surface area (Å²) in [6.45, 7) is 7.36. The molecule has 43 heavy (non-hydrogen) atoms. The third-order valence-electron chi connectivity index (χ3n) is 8.53. The highest BCUT2D eigenvalue weighted by Gasteiger charge is 2.42. The normalized spacial score (nSPS) is 21.0. The van der Waals surface area contributed by atoms with Gasteiger partial charge >= 0.3 is 0 Å². The van der Waals surface area contributed by atoms with Crippen LogP contribution in [0.15, 0.2) is 24.3 Å². The number of nitrogens with one attached hydrogen (secondary N) is 1. The van der Waals surface area contributed by atoms with E-state index in [-0.39, 0.29) is 23.9 Å². The zero-order chi connectivity index (χ0) is 31.3. The molecular formula is C32H39F3N4O4. The highest BCUT2D eigenvalue weighted by molar-refractivity contribution is 5.94. The predicted molar refractivity (Wildman–Crippen MR) is 157 cm³/mol. The number of amides is 1. The lowest BCUT2D eigenvalue weighted by atomic mass is 9.74. The minimum absolute atomic E-state index is 0.0587. The number of hydrogen-bond acceptors (Lipinski definition) is 7. The van der Waals surface area contributed by atoms with Crippen LogP contribution in [-0.2, 0) is 16.8 Å². The molecule has 0 unspecified atom stereocenters. The number of likely N-dealkylation sites (N-methyl/N-ethyl adjacent to an activating group) is 1. The van der Waals surface area contributed by atoms with Crippen molar-refractivity contribution in [2.24, 2.45) is 5.92 Å². The molecule has 2 heterocycles. The molecule has 232 valence electrons. The van der Waals surface area contributed by atoms with Crippen LogP contribution in [0.25, 0.3) is 10.9 Å². The van der Waals surface area contributed by atoms with Crippen molar-refractivity contribution in [1.29, 1.82) is 0 Å². The number of fused-ring (bicyclic) bond motifs is 3. The van der Waals surface area contributed by atoms with E-state index in [0.29, 0.717) is 72.6 Å². The van der Waals surface area contributed by atoms with Crippen LogP contribution in [0.5, 0.6) is 5.75 Å². The van der Waals surface area contributed by atoms with Crippen molar-refractivity contribution in [2.75, 3.05) is 25.5 Å². The number of carbonyl (C=O) groups is 1. The molecule has 1 fully saturated rings. The molecular weight excluding hydrogens is 561 g/mol. The molecule has 2 aromatic carbocycles. The Bertz CT molecular complexity index is 1530. The number of aliphatic hydroxyl groups is 2. The SMILES string of the molecule is Cc1nc(N[C@H](C)c2cccc(C(F)F)c2F)c2cc([C@]3(O)CC[C@H](C(=O)N(C)CC(C)(C)O)CC3)c3c(c2n1)CCO3. The van der Waals surface area contributed by atoms with Crippen LogP contribution < -0.4 is 10.1 Å². The van der Waals surface area contributed by atoms with Crippen molar-refractivity contribution in [3.63, 3.8) is 0 Å². The molecule has 1 saturated carbocycles. The molecule has 1 aliphatic heterocycles. The summed E-state index contributed by atoms with van der Waals surface area (Å²) in [7, 11) is 1.68. The minimum Gasteiger partial charge on any atom is -0.492 e. The van der Waals surface area contributed by atoms with Crippen LogP contribution in [-0.4, -0.2) is 56.8 Å². The quantitative estimate of drug-likeness (QED) is 0.303. The van der Waals surface area contributed by atoms with Crippen molar-refractivity contribution in [3.8, 4) is 5.75 Å². The number of nitrogens with zero attached hydrogens (tertiary/aromatic N) is 3. The molecule has 1 atom stereocenters. The fraction of sp³-hybridized carbons (Fsp3) is 0.531. The van der Waals surface area contributed by atoms with E-state index in [2.05, 4.69) is 15.3 Å². The standard InChI is InChI=1S/C32H39F3N4O4/c1-17(20-7-6-8-21(25(20)33)28(34)35)36-29-23-15-24(27-22(11-14-43-27)26(23)37-18(2)38-29)32(42)12-9-19(10-13-32)30(40)39(5)16-31(3,4)41/h6-8,15,17,19,28,41-42H,9-14,16H2,1-5H3,(H,36,37,38)/t17-,19-,32-/m1/s1. The first-order chi connectivity index (χ1) is 20.2. The fourth-order valence-corrected chi connectivity index (χ4v) is 6.47. The summed E-state index contributed by atoms with van der Waals surface area (Å²) in [4.78, 5) is 23.9. The molecule has 1 aliphatic carbocycles. The Morgan fingerprint density at radius 2 is 1.91 bits per heavy atom. The van der Waals surface area contributed by atoms with Gasteiger partial charge in [0.15, 0.2) is 0 Å². The van der Waals surface area contributed by atoms with E-state index in [1.807, 2.05) is 6.07 Å². The topological polar surface area (TPSA) is 108 Å². The lowest BCUT2D eigenvalue weighted by Gasteiger charge is -2.38. The molecule has 3 N–H and O–H groups in total. The Labute approximate surface area is 249 Å². The first kappa shape index (κ1) is 31.0. The van der Waals surface area contributed by atoms with E-state index < -0.39 is 35.1 Å². The summed E-state index contributed by atoms with van der Waals surface area (Å²) < 4.78 is 47.8. The Morgan fingerprint density at radius 3 is 2.56 bits per heavy atom. The van der Waals surface area contributed by atoms with Crippen molar-refractivity contribution < 1.29 is 32.9 Å². The first-order valence-corrected chi connectivity index (χ1v) is 14.7. The van der Waals surface area contributed by atoms with Crippen LogP contribution in [0.2, 0.25) is 0 Å². The number of anilines is 1. The first-order valence-electron chi connectivity index (χ1n) is 14.7. The average molecular weight is 601 g/mol. The lowest BCUT2D eigenvalue weighted by Crippen LogP contribution is -2.44. The van der Waals surface area contributed by atoms with Gasteiger partial charge in [-0.25, -0.2) is 23.1 Å². The molecule has 1 aromatic heterocycles. The van der Waals surface area contributed by atoms with Crippen LogP contribution >= 0.6 is 0 Å². The van der Waals surface area contributed by atoms with Gasteiger partial charge in [-0.15, -0.1) is 0 Å². The smallest absolute Gasteiger partial charge is 0.266 e. The second-order valence-corrected chi connectivity index (χ2v) is 12.6. The number of halogens is 3. The minimum atomic E-state index is -2.94. The fourth-order valence-electron chi connectivity index (χ4n) is 6.47. The van der Waals surface area contributed by atoms with Crippen molar-refractivity contribution in [3.05, 3.63) is 58.2 Å². The lowest BCUT2D eigenvalue weighted by molar-refractivity contribution is -0.140. The maximum Gasteiger partial charge on any atom is 0.266 e. The number of hydrogen-bond donors (Lipinski definition) is 3. The van der Waals surface area contributed by atoms with E-state index in [1.165, 1.54) is 12.1 Å². The molecule has 3 aromatic rings. The number of ether oxygens (including phenoxy) is 1. The van der Waals surface area contributed by atoms with Crippen molar-refractivity contribution in [1.82, 2.24) is 14.9 Å². The summed E-state index contributed by atoms with van der Waals surface area (Å²) in [6, 6.07) is 5.05. The maximum absolute atomic E-state index is 15.0. The largest absolute Gasteiger partial charge is 0.492 e. The van der Waals surface area contributed by atoms with Gasteiger partial charge in [-0.3, -0.25) is 4.79 Å². The Hall–Kier alpha value is -3.44. The van der Waals surface area contributed by atoms with E-state index in [9.17, 15) is 28.2 Å². The highest BCUT2D eigenvalue weighted by Crippen LogP contribution is 2.48. The maximum atomic E-state index is 15.0. The van der Waals surface area contributed by atoms with Gasteiger partial charge in [-0.2, -0.15) is 0 Å². The summed E-state index contributed by atoms with van der Waals surface area (Å²) in [5.41, 5.74) is -0.754. The van der Waals surface area contributed by atoms with Gasteiger partial charge in [-0.1, -0.05) is 18.2 Å². The monoisotopic (exact) mass is 600 g/mol. The zero-order valence-electron chi connectivity index (χ0n) is 25.2. The van der Waals surface area contributed by atoms with Gasteiger partial charge < -0.3 is 25.2 Å². The summed E-state index contributed by atoms with van der Waals surface area (Å²) in [5, 5.41) is 25.9. The van der Waals surface area contributed by atoms with E-state index in [4.69, 9.17) is 4.74 Å². The highest BCUT2D eigenvalue weighted by atomic mass is 19.3. The molecule has 5 rings (SSSR count). The second-order valence-electron chi connectivity index (χ2n) is 12.6. The van der Waals surface area contributed by atoms with Crippen LogP contribution in [0.1, 0.15) is 87.0 Å². The second kappa shape index (κ2) is 11.6. The van der Waals surface area contributed by atoms with Gasteiger partial charge in [-0.05, 0) is 59.4 Å². The Kier molecular flexibility index (Phi) is 8.34. The number of rotatable bonds is 8. The predicted octanol–water partition coefficient (Wildman–Crippen LogP) is 5.73. The zero-order valence-corrected chi connectivity index (χ0v) is 25.2. The molecule has 2 aliphatic rings. The van der Waals surface area contributed by atoms with Crippen LogP contribution in [0.3, 0.4) is 0 Å². The summed E-state index contributed by atoms with van der Waals surface area (Å²) in [6.07, 6.45) is -0.769. The molecule has 0 bridgehead atoms. The van der Waals surface area contributed by atoms with Crippen molar-refractivity contribution in [2.45, 2.75) is 83.5 Å². The number of alkyl halides is 2. The van der Waals surface area contributed by atoms with Gasteiger partial charge in [0, 0.05) is 48.0 Å². The average Bonchev–Trinajstić information content (AvgIpc) is 3.42. The number of aryl methyl sites for hydroxylation is 1. The van der Waals surface area contributed by atoms with Gasteiger partial charge in [0.2, 0.25) is 5.91 Å². The van der Waals surface area contributed by atoms with Gasteiger partial charge in [0.05, 0.1) is 34.9 Å². The third kappa shape index (κ3) is 6.15. The summed E-state index contributed by atoms with van der Waals surface area (Å²) in [5.74, 6) is 0.164. The molecule has 1 amide bonds. The molecule has 8 nitrogen and oxygen atoms in total. The van der Waals surface area contributed by atoms with E-state index in [0.717, 1.165) is 11.6 Å². The number of aromatic nitrogens is 2. The van der Waals surface area contributed by atoms with Crippen LogP contribution in [0, 0.1) is 18.7 Å².